The Bertz CT molecular complexity index is 784. The number of rotatable bonds is 5. The highest BCUT2D eigenvalue weighted by atomic mass is 32.2. The van der Waals surface area contributed by atoms with E-state index in [9.17, 15) is 10.1 Å². The highest BCUT2D eigenvalue weighted by Crippen LogP contribution is 2.42. The number of aromatic nitrogens is 3. The van der Waals surface area contributed by atoms with Gasteiger partial charge in [-0.1, -0.05) is 5.21 Å². The molecule has 2 aromatic heterocycles. The van der Waals surface area contributed by atoms with Crippen LogP contribution in [0.25, 0.3) is 0 Å². The third-order valence-corrected chi connectivity index (χ3v) is 6.74. The first-order valence-corrected chi connectivity index (χ1v) is 10.6. The van der Waals surface area contributed by atoms with Crippen LogP contribution in [-0.2, 0) is 5.54 Å². The van der Waals surface area contributed by atoms with Crippen molar-refractivity contribution >= 4 is 29.0 Å². The molecule has 1 atom stereocenters. The van der Waals surface area contributed by atoms with Gasteiger partial charge in [0.25, 0.3) is 5.91 Å². The van der Waals surface area contributed by atoms with E-state index in [1.54, 1.807) is 4.68 Å². The average Bonchev–Trinajstić information content (AvgIpc) is 3.05. The summed E-state index contributed by atoms with van der Waals surface area (Å²) in [5.74, 6) is 2.49. The minimum Gasteiger partial charge on any atom is -0.343 e. The van der Waals surface area contributed by atoms with Gasteiger partial charge in [-0.15, -0.1) is 5.10 Å². The van der Waals surface area contributed by atoms with Gasteiger partial charge in [0, 0.05) is 5.38 Å². The molecule has 1 N–H and O–H groups in total. The zero-order valence-corrected chi connectivity index (χ0v) is 15.4. The Morgan fingerprint density at radius 1 is 1.44 bits per heavy atom. The number of nitrogens with one attached hydrogen (secondary N) is 1. The molecule has 1 aliphatic carbocycles. The number of amides is 1. The molecule has 1 aliphatic heterocycles. The first-order chi connectivity index (χ1) is 12.2. The van der Waals surface area contributed by atoms with Crippen molar-refractivity contribution in [3.8, 4) is 6.07 Å². The Kier molecular flexibility index (Phi) is 4.52. The van der Waals surface area contributed by atoms with E-state index in [4.69, 9.17) is 0 Å². The second-order valence-corrected chi connectivity index (χ2v) is 8.65. The summed E-state index contributed by atoms with van der Waals surface area (Å²) in [6.45, 7) is 0. The lowest BCUT2D eigenvalue weighted by atomic mass is 9.91. The highest BCUT2D eigenvalue weighted by molar-refractivity contribution is 7.99. The highest BCUT2D eigenvalue weighted by Gasteiger charge is 2.47. The summed E-state index contributed by atoms with van der Waals surface area (Å²) in [5, 5.41) is 24.8. The number of carbonyl (C=O) groups excluding carboxylic acids is 1. The van der Waals surface area contributed by atoms with Gasteiger partial charge in [0.2, 0.25) is 0 Å². The van der Waals surface area contributed by atoms with E-state index in [0.29, 0.717) is 11.5 Å². The van der Waals surface area contributed by atoms with Crippen molar-refractivity contribution in [2.24, 2.45) is 5.92 Å². The maximum Gasteiger partial charge on any atom is 0.252 e. The van der Waals surface area contributed by atoms with Crippen LogP contribution in [0.15, 0.2) is 23.0 Å². The van der Waals surface area contributed by atoms with Gasteiger partial charge in [0.05, 0.1) is 23.9 Å². The van der Waals surface area contributed by atoms with Gasteiger partial charge in [0.1, 0.15) is 5.69 Å². The average molecular weight is 374 g/mol. The topological polar surface area (TPSA) is 83.6 Å². The summed E-state index contributed by atoms with van der Waals surface area (Å²) in [6.07, 6.45) is 5.60. The normalized spacial score (nSPS) is 20.6. The number of nitrogens with zero attached hydrogens (tertiary/aromatic N) is 4. The number of carbonyl (C=O) groups is 1. The van der Waals surface area contributed by atoms with Crippen molar-refractivity contribution in [2.45, 2.75) is 37.3 Å². The molecule has 1 saturated heterocycles. The molecule has 1 saturated carbocycles. The number of thioether (sulfide) groups is 1. The van der Waals surface area contributed by atoms with Crippen LogP contribution in [0.2, 0.25) is 0 Å². The van der Waals surface area contributed by atoms with Gasteiger partial charge in [0.15, 0.2) is 5.54 Å². The summed E-state index contributed by atoms with van der Waals surface area (Å²) in [5.41, 5.74) is 0.931. The smallest absolute Gasteiger partial charge is 0.252 e. The Morgan fingerprint density at radius 3 is 2.88 bits per heavy atom. The van der Waals surface area contributed by atoms with Crippen molar-refractivity contribution in [1.29, 1.82) is 5.26 Å². The Morgan fingerprint density at radius 2 is 2.24 bits per heavy atom. The molecule has 1 amide bonds. The van der Waals surface area contributed by atoms with Gasteiger partial charge in [-0.05, 0) is 54.6 Å². The lowest BCUT2D eigenvalue weighted by Crippen LogP contribution is -2.35. The van der Waals surface area contributed by atoms with Gasteiger partial charge in [-0.3, -0.25) is 4.79 Å². The molecule has 2 aliphatic rings. The molecule has 2 aromatic rings. The van der Waals surface area contributed by atoms with E-state index >= 15 is 0 Å². The first kappa shape index (κ1) is 16.6. The summed E-state index contributed by atoms with van der Waals surface area (Å²) in [7, 11) is 0. The predicted octanol–water partition coefficient (Wildman–Crippen LogP) is 2.97. The zero-order chi connectivity index (χ0) is 17.3. The molecule has 2 fully saturated rings. The van der Waals surface area contributed by atoms with Crippen LogP contribution < -0.4 is 5.32 Å². The standard InChI is InChI=1S/C17H19N5OS2/c18-11-17(4-5-17)22-9-14(20-21-22)15(12-1-6-24-7-2-12)19-16(23)13-3-8-25-10-13/h3,8-10,12,15H,1-2,4-7H2,(H,19,23)/t15-/m0/s1. The second kappa shape index (κ2) is 6.81. The number of hydrogen-bond acceptors (Lipinski definition) is 6. The monoisotopic (exact) mass is 373 g/mol. The fraction of sp³-hybridized carbons (Fsp3) is 0.529. The van der Waals surface area contributed by atoms with E-state index in [-0.39, 0.29) is 11.9 Å². The van der Waals surface area contributed by atoms with Crippen molar-refractivity contribution in [1.82, 2.24) is 20.3 Å². The molecule has 130 valence electrons. The predicted molar refractivity (Wildman–Crippen MR) is 97.4 cm³/mol. The molecule has 8 heteroatoms. The van der Waals surface area contributed by atoms with E-state index in [1.807, 2.05) is 34.8 Å². The molecule has 4 rings (SSSR count). The maximum absolute atomic E-state index is 12.6. The zero-order valence-electron chi connectivity index (χ0n) is 13.7. The van der Waals surface area contributed by atoms with Crippen LogP contribution >= 0.6 is 23.1 Å². The van der Waals surface area contributed by atoms with Gasteiger partial charge < -0.3 is 5.32 Å². The fourth-order valence-corrected chi connectivity index (χ4v) is 5.02. The SMILES string of the molecule is N#CC1(n2cc([C@@H](NC(=O)c3ccsc3)C3CCSCC3)nn2)CC1. The van der Waals surface area contributed by atoms with Crippen molar-refractivity contribution in [2.75, 3.05) is 11.5 Å². The maximum atomic E-state index is 12.6. The van der Waals surface area contributed by atoms with Crippen molar-refractivity contribution in [3.63, 3.8) is 0 Å². The van der Waals surface area contributed by atoms with Crippen LogP contribution in [0.4, 0.5) is 0 Å². The number of hydrogen-bond donors (Lipinski definition) is 1. The summed E-state index contributed by atoms with van der Waals surface area (Å²) >= 11 is 3.47. The van der Waals surface area contributed by atoms with E-state index < -0.39 is 5.54 Å². The lowest BCUT2D eigenvalue weighted by Gasteiger charge is -2.29. The molecular weight excluding hydrogens is 354 g/mol. The summed E-state index contributed by atoms with van der Waals surface area (Å²) in [4.78, 5) is 12.6. The third-order valence-electron chi connectivity index (χ3n) is 5.01. The van der Waals surface area contributed by atoms with Crippen LogP contribution in [0.1, 0.15) is 47.8 Å². The molecule has 0 radical (unpaired) electrons. The Balaban J connectivity index is 1.59. The molecule has 0 bridgehead atoms. The van der Waals surface area contributed by atoms with Gasteiger partial charge >= 0.3 is 0 Å². The number of nitriles is 1. The van der Waals surface area contributed by atoms with Crippen molar-refractivity contribution in [3.05, 3.63) is 34.3 Å². The second-order valence-electron chi connectivity index (χ2n) is 6.64. The first-order valence-electron chi connectivity index (χ1n) is 8.47. The van der Waals surface area contributed by atoms with E-state index in [1.165, 1.54) is 11.3 Å². The van der Waals surface area contributed by atoms with Crippen molar-refractivity contribution < 1.29 is 4.79 Å². The quantitative estimate of drug-likeness (QED) is 0.871. The fourth-order valence-electron chi connectivity index (χ4n) is 3.24. The van der Waals surface area contributed by atoms with Crippen LogP contribution in [0.3, 0.4) is 0 Å². The minimum absolute atomic E-state index is 0.0690. The third kappa shape index (κ3) is 3.31. The van der Waals surface area contributed by atoms with E-state index in [0.717, 1.165) is 42.9 Å². The van der Waals surface area contributed by atoms with Crippen LogP contribution in [0.5, 0.6) is 0 Å². The molecule has 3 heterocycles. The Hall–Kier alpha value is -1.85. The van der Waals surface area contributed by atoms with Crippen LogP contribution in [0, 0.1) is 17.2 Å². The molecule has 25 heavy (non-hydrogen) atoms. The molecule has 0 spiro atoms. The lowest BCUT2D eigenvalue weighted by molar-refractivity contribution is 0.0918. The van der Waals surface area contributed by atoms with Gasteiger partial charge in [-0.2, -0.15) is 28.4 Å². The molecular formula is C17H19N5OS2. The number of thiophene rings is 1. The van der Waals surface area contributed by atoms with E-state index in [2.05, 4.69) is 21.7 Å². The molecule has 0 aromatic carbocycles. The van der Waals surface area contributed by atoms with Crippen LogP contribution in [-0.4, -0.2) is 32.4 Å². The Labute approximate surface area is 154 Å². The minimum atomic E-state index is -0.518. The van der Waals surface area contributed by atoms with Gasteiger partial charge in [-0.25, -0.2) is 4.68 Å². The molecule has 0 unspecified atom stereocenters. The summed E-state index contributed by atoms with van der Waals surface area (Å²) < 4.78 is 1.68. The summed E-state index contributed by atoms with van der Waals surface area (Å²) in [6, 6.07) is 4.01. The molecule has 6 nitrogen and oxygen atoms in total. The largest absolute Gasteiger partial charge is 0.343 e.